The Morgan fingerprint density at radius 2 is 2.04 bits per heavy atom. The number of carbonyl (C=O) groups is 2. The third kappa shape index (κ3) is 4.35. The van der Waals surface area contributed by atoms with E-state index in [4.69, 9.17) is 16.7 Å². The number of carboxylic acid groups (broad SMARTS) is 1. The van der Waals surface area contributed by atoms with Crippen molar-refractivity contribution in [2.45, 2.75) is 38.3 Å². The van der Waals surface area contributed by atoms with Crippen molar-refractivity contribution in [3.8, 4) is 5.69 Å². The number of imidazole rings is 1. The number of halogens is 1. The first-order valence-corrected chi connectivity index (χ1v) is 8.95. The number of nitrogens with one attached hydrogen (secondary N) is 2. The van der Waals surface area contributed by atoms with Crippen LogP contribution in [0.5, 0.6) is 0 Å². The highest BCUT2D eigenvalue weighted by molar-refractivity contribution is 6.31. The van der Waals surface area contributed by atoms with Gasteiger partial charge in [0, 0.05) is 35.6 Å². The Morgan fingerprint density at radius 3 is 2.69 bits per heavy atom. The second-order valence-electron chi connectivity index (χ2n) is 6.42. The molecule has 0 unspecified atom stereocenters. The largest absolute Gasteiger partial charge is 0.481 e. The van der Waals surface area contributed by atoms with Gasteiger partial charge in [0.2, 0.25) is 0 Å². The van der Waals surface area contributed by atoms with Gasteiger partial charge in [0.1, 0.15) is 0 Å². The number of aromatic nitrogens is 2. The van der Waals surface area contributed by atoms with Gasteiger partial charge < -0.3 is 20.3 Å². The Bertz CT molecular complexity index is 771. The van der Waals surface area contributed by atoms with Crippen molar-refractivity contribution < 1.29 is 14.7 Å². The summed E-state index contributed by atoms with van der Waals surface area (Å²) in [6, 6.07) is 5.27. The molecule has 0 spiro atoms. The van der Waals surface area contributed by atoms with Crippen LogP contribution in [0.1, 0.15) is 31.2 Å². The maximum Gasteiger partial charge on any atom is 0.315 e. The normalized spacial score (nSPS) is 19.7. The van der Waals surface area contributed by atoms with Crippen LogP contribution in [0.25, 0.3) is 5.69 Å². The molecule has 0 saturated heterocycles. The summed E-state index contributed by atoms with van der Waals surface area (Å²) in [7, 11) is 0. The van der Waals surface area contributed by atoms with E-state index in [1.807, 2.05) is 22.9 Å². The number of rotatable bonds is 5. The zero-order valence-electron chi connectivity index (χ0n) is 14.2. The zero-order valence-corrected chi connectivity index (χ0v) is 14.9. The molecule has 3 rings (SSSR count). The Morgan fingerprint density at radius 1 is 1.27 bits per heavy atom. The smallest absolute Gasteiger partial charge is 0.315 e. The minimum atomic E-state index is -0.751. The molecule has 1 heterocycles. The number of urea groups is 1. The van der Waals surface area contributed by atoms with Crippen LogP contribution in [0.15, 0.2) is 36.9 Å². The highest BCUT2D eigenvalue weighted by Gasteiger charge is 2.26. The van der Waals surface area contributed by atoms with E-state index in [0.29, 0.717) is 30.7 Å². The van der Waals surface area contributed by atoms with Crippen molar-refractivity contribution in [2.24, 2.45) is 5.92 Å². The molecule has 138 valence electrons. The molecule has 1 aromatic heterocycles. The van der Waals surface area contributed by atoms with Gasteiger partial charge in [-0.1, -0.05) is 17.7 Å². The molecule has 8 heteroatoms. The lowest BCUT2D eigenvalue weighted by molar-refractivity contribution is -0.142. The molecule has 26 heavy (non-hydrogen) atoms. The van der Waals surface area contributed by atoms with Gasteiger partial charge in [-0.3, -0.25) is 4.79 Å². The van der Waals surface area contributed by atoms with E-state index in [1.165, 1.54) is 0 Å². The molecule has 1 aliphatic rings. The quantitative estimate of drug-likeness (QED) is 0.747. The van der Waals surface area contributed by atoms with Gasteiger partial charge in [-0.25, -0.2) is 9.78 Å². The van der Waals surface area contributed by atoms with Gasteiger partial charge in [0.25, 0.3) is 0 Å². The van der Waals surface area contributed by atoms with Crippen LogP contribution in [0.4, 0.5) is 4.79 Å². The Kier molecular flexibility index (Phi) is 5.78. The first kappa shape index (κ1) is 18.3. The lowest BCUT2D eigenvalue weighted by atomic mass is 9.86. The fraction of sp³-hybridized carbons (Fsp3) is 0.389. The highest BCUT2D eigenvalue weighted by atomic mass is 35.5. The molecular weight excluding hydrogens is 356 g/mol. The molecule has 0 bridgehead atoms. The van der Waals surface area contributed by atoms with Crippen molar-refractivity contribution in [2.75, 3.05) is 0 Å². The summed E-state index contributed by atoms with van der Waals surface area (Å²) in [4.78, 5) is 27.2. The molecule has 7 nitrogen and oxygen atoms in total. The molecule has 1 saturated carbocycles. The number of hydrogen-bond acceptors (Lipinski definition) is 3. The first-order chi connectivity index (χ1) is 12.5. The predicted molar refractivity (Wildman–Crippen MR) is 97.3 cm³/mol. The topological polar surface area (TPSA) is 96.3 Å². The Hall–Kier alpha value is -2.54. The van der Waals surface area contributed by atoms with Crippen molar-refractivity contribution >= 4 is 23.6 Å². The number of hydrogen-bond donors (Lipinski definition) is 3. The van der Waals surface area contributed by atoms with Crippen molar-refractivity contribution in [3.63, 3.8) is 0 Å². The second kappa shape index (κ2) is 8.23. The van der Waals surface area contributed by atoms with Crippen LogP contribution in [0, 0.1) is 5.92 Å². The molecular formula is C18H21ClN4O3. The molecule has 1 aromatic carbocycles. The van der Waals surface area contributed by atoms with E-state index >= 15 is 0 Å². The van der Waals surface area contributed by atoms with Crippen LogP contribution in [-0.2, 0) is 11.3 Å². The van der Waals surface area contributed by atoms with Crippen LogP contribution in [-0.4, -0.2) is 32.7 Å². The van der Waals surface area contributed by atoms with E-state index in [0.717, 1.165) is 11.3 Å². The van der Waals surface area contributed by atoms with Gasteiger partial charge in [0.15, 0.2) is 0 Å². The number of benzene rings is 1. The standard InChI is InChI=1S/C18H21ClN4O3/c19-15-2-1-3-16(23-9-8-20-11-23)14(15)10-21-18(26)22-13-6-4-12(5-7-13)17(24)25/h1-3,8-9,11-13H,4-7,10H2,(H,24,25)(H2,21,22,26). The molecule has 1 fully saturated rings. The van der Waals surface area contributed by atoms with Crippen LogP contribution in [0.2, 0.25) is 5.02 Å². The van der Waals surface area contributed by atoms with Gasteiger partial charge >= 0.3 is 12.0 Å². The molecule has 3 N–H and O–H groups in total. The summed E-state index contributed by atoms with van der Waals surface area (Å²) < 4.78 is 1.84. The van der Waals surface area contributed by atoms with E-state index in [1.54, 1.807) is 18.6 Å². The minimum Gasteiger partial charge on any atom is -0.481 e. The number of aliphatic carboxylic acids is 1. The highest BCUT2D eigenvalue weighted by Crippen LogP contribution is 2.25. The third-order valence-electron chi connectivity index (χ3n) is 4.71. The summed E-state index contributed by atoms with van der Waals surface area (Å²) in [5, 5.41) is 15.4. The van der Waals surface area contributed by atoms with Crippen molar-refractivity contribution in [1.82, 2.24) is 20.2 Å². The van der Waals surface area contributed by atoms with Crippen LogP contribution >= 0.6 is 11.6 Å². The minimum absolute atomic E-state index is 0.00460. The summed E-state index contributed by atoms with van der Waals surface area (Å²) >= 11 is 6.31. The summed E-state index contributed by atoms with van der Waals surface area (Å²) in [6.07, 6.45) is 7.71. The monoisotopic (exact) mass is 376 g/mol. The average Bonchev–Trinajstić information content (AvgIpc) is 3.15. The van der Waals surface area contributed by atoms with Gasteiger partial charge in [-0.05, 0) is 37.8 Å². The van der Waals surface area contributed by atoms with Gasteiger partial charge in [0.05, 0.1) is 17.9 Å². The number of nitrogens with zero attached hydrogens (tertiary/aromatic N) is 2. The van der Waals surface area contributed by atoms with Crippen LogP contribution < -0.4 is 10.6 Å². The van der Waals surface area contributed by atoms with Gasteiger partial charge in [-0.2, -0.15) is 0 Å². The fourth-order valence-electron chi connectivity index (χ4n) is 3.26. The molecule has 0 radical (unpaired) electrons. The Balaban J connectivity index is 1.56. The summed E-state index contributed by atoms with van der Waals surface area (Å²) in [5.41, 5.74) is 1.66. The number of amides is 2. The average molecular weight is 377 g/mol. The third-order valence-corrected chi connectivity index (χ3v) is 5.07. The number of carboxylic acids is 1. The van der Waals surface area contributed by atoms with E-state index in [9.17, 15) is 9.59 Å². The Labute approximate surface area is 156 Å². The second-order valence-corrected chi connectivity index (χ2v) is 6.83. The lowest BCUT2D eigenvalue weighted by Crippen LogP contribution is -2.44. The van der Waals surface area contributed by atoms with E-state index in [-0.39, 0.29) is 24.5 Å². The van der Waals surface area contributed by atoms with Crippen molar-refractivity contribution in [1.29, 1.82) is 0 Å². The molecule has 0 atom stereocenters. The number of carbonyl (C=O) groups excluding carboxylic acids is 1. The van der Waals surface area contributed by atoms with E-state index in [2.05, 4.69) is 15.6 Å². The summed E-state index contributed by atoms with van der Waals surface area (Å²) in [6.45, 7) is 0.281. The maximum absolute atomic E-state index is 12.2. The fourth-order valence-corrected chi connectivity index (χ4v) is 3.49. The van der Waals surface area contributed by atoms with Gasteiger partial charge in [-0.15, -0.1) is 0 Å². The van der Waals surface area contributed by atoms with E-state index < -0.39 is 5.97 Å². The van der Waals surface area contributed by atoms with Crippen LogP contribution in [0.3, 0.4) is 0 Å². The molecule has 2 aromatic rings. The predicted octanol–water partition coefficient (Wildman–Crippen LogP) is 2.97. The molecule has 1 aliphatic carbocycles. The first-order valence-electron chi connectivity index (χ1n) is 8.57. The lowest BCUT2D eigenvalue weighted by Gasteiger charge is -2.27. The maximum atomic E-state index is 12.2. The summed E-state index contributed by atoms with van der Waals surface area (Å²) in [5.74, 6) is -1.05. The zero-order chi connectivity index (χ0) is 18.5. The SMILES string of the molecule is O=C(NCc1c(Cl)cccc1-n1ccnc1)NC1CCC(C(=O)O)CC1. The molecule has 2 amide bonds. The molecule has 0 aliphatic heterocycles. The van der Waals surface area contributed by atoms with Crippen molar-refractivity contribution in [3.05, 3.63) is 47.5 Å².